The van der Waals surface area contributed by atoms with Crippen molar-refractivity contribution in [3.8, 4) is 0 Å². The van der Waals surface area contributed by atoms with E-state index in [0.717, 1.165) is 6.42 Å². The number of nitrogens with one attached hydrogen (secondary N) is 1. The van der Waals surface area contributed by atoms with Gasteiger partial charge in [-0.1, -0.05) is 19.9 Å². The van der Waals surface area contributed by atoms with Gasteiger partial charge in [0.2, 0.25) is 10.0 Å². The standard InChI is InChI=1S/C18H26N2O5S/c1-12-8-13(2)11-20(10-12)26(24,25)15-7-5-6-14(9-15)16(21)19-18(3,4)17(22)23/h5-7,9,12-13H,8,10-11H2,1-4H3,(H,19,21)(H,22,23). The van der Waals surface area contributed by atoms with Gasteiger partial charge in [0, 0.05) is 18.7 Å². The predicted octanol–water partition coefficient (Wildman–Crippen LogP) is 1.95. The molecule has 26 heavy (non-hydrogen) atoms. The third kappa shape index (κ3) is 4.42. The summed E-state index contributed by atoms with van der Waals surface area (Å²) in [6.45, 7) is 7.69. The molecule has 2 atom stereocenters. The van der Waals surface area contributed by atoms with E-state index in [1.807, 2.05) is 13.8 Å². The molecule has 0 radical (unpaired) electrons. The number of hydrogen-bond acceptors (Lipinski definition) is 4. The van der Waals surface area contributed by atoms with Gasteiger partial charge in [-0.15, -0.1) is 0 Å². The number of carbonyl (C=O) groups excluding carboxylic acids is 1. The fourth-order valence-electron chi connectivity index (χ4n) is 3.16. The molecule has 0 bridgehead atoms. The zero-order valence-electron chi connectivity index (χ0n) is 15.5. The van der Waals surface area contributed by atoms with Crippen LogP contribution in [0.5, 0.6) is 0 Å². The summed E-state index contributed by atoms with van der Waals surface area (Å²) >= 11 is 0. The normalized spacial score (nSPS) is 22.0. The van der Waals surface area contributed by atoms with Crippen LogP contribution in [0, 0.1) is 11.8 Å². The van der Waals surface area contributed by atoms with E-state index in [1.54, 1.807) is 0 Å². The maximum Gasteiger partial charge on any atom is 0.328 e. The molecule has 1 aliphatic heterocycles. The monoisotopic (exact) mass is 382 g/mol. The molecule has 1 saturated heterocycles. The molecule has 0 aliphatic carbocycles. The molecule has 1 fully saturated rings. The van der Waals surface area contributed by atoms with Crippen LogP contribution < -0.4 is 5.32 Å². The Morgan fingerprint density at radius 1 is 1.19 bits per heavy atom. The Balaban J connectivity index is 2.28. The smallest absolute Gasteiger partial charge is 0.328 e. The number of nitrogens with zero attached hydrogens (tertiary/aromatic N) is 1. The summed E-state index contributed by atoms with van der Waals surface area (Å²) < 4.78 is 27.4. The Hall–Kier alpha value is -1.93. The van der Waals surface area contributed by atoms with Gasteiger partial charge in [0.05, 0.1) is 4.90 Å². The first-order valence-corrected chi connectivity index (χ1v) is 10.0. The largest absolute Gasteiger partial charge is 0.480 e. The molecule has 2 rings (SSSR count). The van der Waals surface area contributed by atoms with Crippen molar-refractivity contribution in [3.63, 3.8) is 0 Å². The van der Waals surface area contributed by atoms with E-state index < -0.39 is 27.4 Å². The van der Waals surface area contributed by atoms with Gasteiger partial charge in [0.15, 0.2) is 0 Å². The minimum absolute atomic E-state index is 0.0413. The molecule has 1 aromatic carbocycles. The molecule has 0 aromatic heterocycles. The summed E-state index contributed by atoms with van der Waals surface area (Å²) in [7, 11) is -3.71. The van der Waals surface area contributed by atoms with Crippen LogP contribution in [0.1, 0.15) is 44.5 Å². The average Bonchev–Trinajstić information content (AvgIpc) is 2.53. The van der Waals surface area contributed by atoms with Crippen LogP contribution in [0.3, 0.4) is 0 Å². The van der Waals surface area contributed by atoms with Gasteiger partial charge >= 0.3 is 5.97 Å². The van der Waals surface area contributed by atoms with Crippen molar-refractivity contribution in [2.45, 2.75) is 44.6 Å². The van der Waals surface area contributed by atoms with Gasteiger partial charge in [0.25, 0.3) is 5.91 Å². The fourth-order valence-corrected chi connectivity index (χ4v) is 4.88. The maximum atomic E-state index is 12.9. The van der Waals surface area contributed by atoms with Crippen LogP contribution in [-0.2, 0) is 14.8 Å². The van der Waals surface area contributed by atoms with Crippen LogP contribution in [0.4, 0.5) is 0 Å². The number of amides is 1. The number of carboxylic acids is 1. The highest BCUT2D eigenvalue weighted by molar-refractivity contribution is 7.89. The number of benzene rings is 1. The maximum absolute atomic E-state index is 12.9. The van der Waals surface area contributed by atoms with E-state index in [4.69, 9.17) is 5.11 Å². The average molecular weight is 382 g/mol. The first kappa shape index (κ1) is 20.4. The zero-order chi connectivity index (χ0) is 19.7. The third-order valence-electron chi connectivity index (χ3n) is 4.53. The van der Waals surface area contributed by atoms with Crippen molar-refractivity contribution < 1.29 is 23.1 Å². The highest BCUT2D eigenvalue weighted by Gasteiger charge is 2.33. The SMILES string of the molecule is CC1CC(C)CN(S(=O)(=O)c2cccc(C(=O)NC(C)(C)C(=O)O)c2)C1. The topological polar surface area (TPSA) is 104 Å². The summed E-state index contributed by atoms with van der Waals surface area (Å²) in [5.41, 5.74) is -1.34. The van der Waals surface area contributed by atoms with Gasteiger partial charge in [-0.2, -0.15) is 4.31 Å². The first-order valence-electron chi connectivity index (χ1n) is 8.59. The van der Waals surface area contributed by atoms with E-state index in [-0.39, 0.29) is 22.3 Å². The van der Waals surface area contributed by atoms with Crippen LogP contribution in [0.25, 0.3) is 0 Å². The number of piperidine rings is 1. The summed E-state index contributed by atoms with van der Waals surface area (Å²) in [6.07, 6.45) is 0.985. The number of sulfonamides is 1. The predicted molar refractivity (Wildman–Crippen MR) is 97.3 cm³/mol. The van der Waals surface area contributed by atoms with Crippen LogP contribution >= 0.6 is 0 Å². The van der Waals surface area contributed by atoms with Crippen molar-refractivity contribution in [3.05, 3.63) is 29.8 Å². The van der Waals surface area contributed by atoms with E-state index >= 15 is 0 Å². The van der Waals surface area contributed by atoms with Gasteiger partial charge < -0.3 is 10.4 Å². The minimum Gasteiger partial charge on any atom is -0.480 e. The second-order valence-electron chi connectivity index (χ2n) is 7.68. The van der Waals surface area contributed by atoms with Gasteiger partial charge in [0.1, 0.15) is 5.54 Å². The molecule has 2 unspecified atom stereocenters. The number of carboxylic acid groups (broad SMARTS) is 1. The molecule has 1 aliphatic rings. The lowest BCUT2D eigenvalue weighted by Crippen LogP contribution is -2.49. The number of rotatable bonds is 5. The lowest BCUT2D eigenvalue weighted by atomic mass is 9.94. The lowest BCUT2D eigenvalue weighted by Gasteiger charge is -2.34. The summed E-state index contributed by atoms with van der Waals surface area (Å²) in [5.74, 6) is -1.26. The molecule has 144 valence electrons. The molecular formula is C18H26N2O5S. The molecular weight excluding hydrogens is 356 g/mol. The molecule has 8 heteroatoms. The van der Waals surface area contributed by atoms with Gasteiger partial charge in [-0.05, 0) is 50.3 Å². The van der Waals surface area contributed by atoms with E-state index in [1.165, 1.54) is 42.4 Å². The number of aliphatic carboxylic acids is 1. The van der Waals surface area contributed by atoms with E-state index in [2.05, 4.69) is 5.32 Å². The minimum atomic E-state index is -3.71. The summed E-state index contributed by atoms with van der Waals surface area (Å²) in [6, 6.07) is 5.71. The van der Waals surface area contributed by atoms with Crippen LogP contribution in [-0.4, -0.2) is 48.3 Å². The zero-order valence-corrected chi connectivity index (χ0v) is 16.3. The summed E-state index contributed by atoms with van der Waals surface area (Å²) in [5, 5.41) is 11.5. The van der Waals surface area contributed by atoms with Gasteiger partial charge in [-0.25, -0.2) is 13.2 Å². The first-order chi connectivity index (χ1) is 11.9. The molecule has 1 amide bonds. The van der Waals surface area contributed by atoms with Crippen molar-refractivity contribution in [2.24, 2.45) is 11.8 Å². The Bertz CT molecular complexity index is 794. The third-order valence-corrected chi connectivity index (χ3v) is 6.36. The Morgan fingerprint density at radius 2 is 1.77 bits per heavy atom. The lowest BCUT2D eigenvalue weighted by molar-refractivity contribution is -0.143. The Labute approximate surface area is 154 Å². The van der Waals surface area contributed by atoms with Gasteiger partial charge in [-0.3, -0.25) is 4.79 Å². The molecule has 2 N–H and O–H groups in total. The molecule has 0 saturated carbocycles. The molecule has 0 spiro atoms. The van der Waals surface area contributed by atoms with E-state index in [0.29, 0.717) is 13.1 Å². The summed E-state index contributed by atoms with van der Waals surface area (Å²) in [4.78, 5) is 23.5. The van der Waals surface area contributed by atoms with Crippen molar-refractivity contribution in [2.75, 3.05) is 13.1 Å². The Kier molecular flexibility index (Phi) is 5.77. The van der Waals surface area contributed by atoms with Crippen molar-refractivity contribution >= 4 is 21.9 Å². The molecule has 1 heterocycles. The fraction of sp³-hybridized carbons (Fsp3) is 0.556. The highest BCUT2D eigenvalue weighted by atomic mass is 32.2. The van der Waals surface area contributed by atoms with E-state index in [9.17, 15) is 18.0 Å². The van der Waals surface area contributed by atoms with Crippen LogP contribution in [0.15, 0.2) is 29.2 Å². The second-order valence-corrected chi connectivity index (χ2v) is 9.62. The van der Waals surface area contributed by atoms with Crippen molar-refractivity contribution in [1.82, 2.24) is 9.62 Å². The van der Waals surface area contributed by atoms with Crippen LogP contribution in [0.2, 0.25) is 0 Å². The quantitative estimate of drug-likeness (QED) is 0.810. The number of carbonyl (C=O) groups is 2. The second kappa shape index (κ2) is 7.36. The number of hydrogen-bond donors (Lipinski definition) is 2. The Morgan fingerprint density at radius 3 is 2.31 bits per heavy atom. The van der Waals surface area contributed by atoms with Crippen molar-refractivity contribution in [1.29, 1.82) is 0 Å². The molecule has 7 nitrogen and oxygen atoms in total. The molecule has 1 aromatic rings. The highest BCUT2D eigenvalue weighted by Crippen LogP contribution is 2.27.